The monoisotopic (exact) mass is 380 g/mol. The third-order valence-electron chi connectivity index (χ3n) is 4.27. The molecule has 0 aliphatic heterocycles. The summed E-state index contributed by atoms with van der Waals surface area (Å²) in [6, 6.07) is 16.0. The highest BCUT2D eigenvalue weighted by Crippen LogP contribution is 2.25. The Morgan fingerprint density at radius 3 is 2.41 bits per heavy atom. The Morgan fingerprint density at radius 1 is 1.04 bits per heavy atom. The molecule has 0 spiro atoms. The van der Waals surface area contributed by atoms with E-state index in [4.69, 9.17) is 0 Å². The summed E-state index contributed by atoms with van der Waals surface area (Å²) in [5.41, 5.74) is 4.05. The topological polar surface area (TPSA) is 59.8 Å². The molecule has 3 rings (SSSR count). The molecule has 2 aromatic carbocycles. The molecule has 0 fully saturated rings. The van der Waals surface area contributed by atoms with Crippen LogP contribution >= 0.6 is 11.8 Å². The van der Waals surface area contributed by atoms with Gasteiger partial charge in [-0.2, -0.15) is 0 Å². The van der Waals surface area contributed by atoms with Gasteiger partial charge in [0, 0.05) is 17.8 Å². The van der Waals surface area contributed by atoms with Crippen LogP contribution in [0.2, 0.25) is 0 Å². The number of amides is 1. The van der Waals surface area contributed by atoms with Gasteiger partial charge in [0.25, 0.3) is 0 Å². The molecule has 3 aromatic rings. The summed E-state index contributed by atoms with van der Waals surface area (Å²) in [6.07, 6.45) is 0.972. The molecular weight excluding hydrogens is 356 g/mol. The maximum atomic E-state index is 12.4. The van der Waals surface area contributed by atoms with Crippen LogP contribution in [0.15, 0.2) is 53.7 Å². The third kappa shape index (κ3) is 4.57. The molecule has 0 aliphatic carbocycles. The Morgan fingerprint density at radius 2 is 1.74 bits per heavy atom. The highest BCUT2D eigenvalue weighted by Gasteiger charge is 2.15. The molecule has 1 amide bonds. The van der Waals surface area contributed by atoms with Crippen molar-refractivity contribution in [1.82, 2.24) is 14.8 Å². The van der Waals surface area contributed by atoms with Crippen molar-refractivity contribution < 1.29 is 4.79 Å². The Labute approximate surface area is 164 Å². The predicted molar refractivity (Wildman–Crippen MR) is 111 cm³/mol. The molecule has 1 aromatic heterocycles. The van der Waals surface area contributed by atoms with E-state index in [1.54, 1.807) is 0 Å². The van der Waals surface area contributed by atoms with E-state index in [1.165, 1.54) is 11.8 Å². The van der Waals surface area contributed by atoms with Crippen molar-refractivity contribution in [1.29, 1.82) is 0 Å². The Kier molecular flexibility index (Phi) is 6.29. The maximum absolute atomic E-state index is 12.4. The van der Waals surface area contributed by atoms with E-state index in [-0.39, 0.29) is 5.91 Å². The van der Waals surface area contributed by atoms with Gasteiger partial charge in [-0.1, -0.05) is 67.2 Å². The molecule has 0 atom stereocenters. The van der Waals surface area contributed by atoms with Crippen LogP contribution in [-0.4, -0.2) is 26.4 Å². The molecule has 5 nitrogen and oxygen atoms in total. The molecule has 140 valence electrons. The number of hydrogen-bond acceptors (Lipinski definition) is 4. The van der Waals surface area contributed by atoms with Crippen molar-refractivity contribution in [3.05, 3.63) is 59.7 Å². The Balaban J connectivity index is 1.72. The van der Waals surface area contributed by atoms with E-state index >= 15 is 0 Å². The minimum absolute atomic E-state index is 0.0373. The van der Waals surface area contributed by atoms with Crippen LogP contribution in [0, 0.1) is 13.8 Å². The number of benzene rings is 2. The lowest BCUT2D eigenvalue weighted by molar-refractivity contribution is -0.113. The van der Waals surface area contributed by atoms with Crippen LogP contribution in [0.3, 0.4) is 0 Å². The SMILES string of the molecule is CCCn1c(SCC(=O)Nc2c(C)cccc2C)nnc1-c1ccccc1. The van der Waals surface area contributed by atoms with Crippen molar-refractivity contribution in [2.45, 2.75) is 38.9 Å². The van der Waals surface area contributed by atoms with E-state index in [1.807, 2.05) is 62.4 Å². The molecule has 0 saturated carbocycles. The molecule has 6 heteroatoms. The van der Waals surface area contributed by atoms with Gasteiger partial charge in [-0.25, -0.2) is 0 Å². The minimum Gasteiger partial charge on any atom is -0.325 e. The van der Waals surface area contributed by atoms with Crippen molar-refractivity contribution in [3.63, 3.8) is 0 Å². The summed E-state index contributed by atoms with van der Waals surface area (Å²) >= 11 is 1.42. The highest BCUT2D eigenvalue weighted by atomic mass is 32.2. The largest absolute Gasteiger partial charge is 0.325 e. The summed E-state index contributed by atoms with van der Waals surface area (Å²) in [7, 11) is 0. The summed E-state index contributed by atoms with van der Waals surface area (Å²) in [4.78, 5) is 12.4. The number of aromatic nitrogens is 3. The lowest BCUT2D eigenvalue weighted by Crippen LogP contribution is -2.16. The smallest absolute Gasteiger partial charge is 0.234 e. The molecule has 0 bridgehead atoms. The predicted octanol–water partition coefficient (Wildman–Crippen LogP) is 4.70. The summed E-state index contributed by atoms with van der Waals surface area (Å²) in [6.45, 7) is 6.94. The van der Waals surface area contributed by atoms with Gasteiger partial charge in [0.15, 0.2) is 11.0 Å². The number of nitrogens with zero attached hydrogens (tertiary/aromatic N) is 3. The summed E-state index contributed by atoms with van der Waals surface area (Å²) in [5, 5.41) is 12.5. The standard InChI is InChI=1S/C21H24N4OS/c1-4-13-25-20(17-11-6-5-7-12-17)23-24-21(25)27-14-18(26)22-19-15(2)9-8-10-16(19)3/h5-12H,4,13-14H2,1-3H3,(H,22,26). The van der Waals surface area contributed by atoms with Gasteiger partial charge in [-0.3, -0.25) is 4.79 Å². The normalized spacial score (nSPS) is 10.8. The van der Waals surface area contributed by atoms with Gasteiger partial charge in [0.05, 0.1) is 5.75 Å². The molecule has 1 heterocycles. The zero-order chi connectivity index (χ0) is 19.2. The van der Waals surface area contributed by atoms with Crippen LogP contribution in [0.25, 0.3) is 11.4 Å². The zero-order valence-electron chi connectivity index (χ0n) is 15.9. The number of hydrogen-bond donors (Lipinski definition) is 1. The first-order valence-electron chi connectivity index (χ1n) is 9.07. The highest BCUT2D eigenvalue weighted by molar-refractivity contribution is 7.99. The number of thioether (sulfide) groups is 1. The van der Waals surface area contributed by atoms with Crippen LogP contribution in [0.4, 0.5) is 5.69 Å². The Hall–Kier alpha value is -2.60. The molecule has 0 unspecified atom stereocenters. The fourth-order valence-corrected chi connectivity index (χ4v) is 3.70. The lowest BCUT2D eigenvalue weighted by atomic mass is 10.1. The molecule has 0 aliphatic rings. The number of carbonyl (C=O) groups excluding carboxylic acids is 1. The van der Waals surface area contributed by atoms with Gasteiger partial charge in [-0.05, 0) is 31.4 Å². The van der Waals surface area contributed by atoms with Crippen LogP contribution in [-0.2, 0) is 11.3 Å². The van der Waals surface area contributed by atoms with Gasteiger partial charge >= 0.3 is 0 Å². The number of aryl methyl sites for hydroxylation is 2. The number of nitrogens with one attached hydrogen (secondary N) is 1. The fourth-order valence-electron chi connectivity index (χ4n) is 2.94. The quantitative estimate of drug-likeness (QED) is 0.604. The molecule has 0 radical (unpaired) electrons. The molecule has 1 N–H and O–H groups in total. The van der Waals surface area contributed by atoms with Crippen LogP contribution in [0.5, 0.6) is 0 Å². The van der Waals surface area contributed by atoms with Gasteiger partial charge < -0.3 is 9.88 Å². The number of anilines is 1. The Bertz CT molecular complexity index is 901. The van der Waals surface area contributed by atoms with E-state index in [2.05, 4.69) is 27.0 Å². The van der Waals surface area contributed by atoms with E-state index in [0.717, 1.165) is 46.3 Å². The average Bonchev–Trinajstić information content (AvgIpc) is 3.07. The van der Waals surface area contributed by atoms with Gasteiger partial charge in [0.2, 0.25) is 5.91 Å². The number of para-hydroxylation sites is 1. The number of carbonyl (C=O) groups is 1. The lowest BCUT2D eigenvalue weighted by Gasteiger charge is -2.12. The fraction of sp³-hybridized carbons (Fsp3) is 0.286. The second kappa shape index (κ2) is 8.86. The van der Waals surface area contributed by atoms with E-state index in [9.17, 15) is 4.79 Å². The second-order valence-electron chi connectivity index (χ2n) is 6.43. The summed E-state index contributed by atoms with van der Waals surface area (Å²) < 4.78 is 2.09. The van der Waals surface area contributed by atoms with Crippen molar-refractivity contribution in [2.75, 3.05) is 11.1 Å². The number of rotatable bonds is 7. The van der Waals surface area contributed by atoms with E-state index < -0.39 is 0 Å². The average molecular weight is 381 g/mol. The third-order valence-corrected chi connectivity index (χ3v) is 5.24. The molecule has 0 saturated heterocycles. The van der Waals surface area contributed by atoms with Crippen LogP contribution < -0.4 is 5.32 Å². The summed E-state index contributed by atoms with van der Waals surface area (Å²) in [5.74, 6) is 1.10. The first-order chi connectivity index (χ1) is 13.1. The van der Waals surface area contributed by atoms with Crippen molar-refractivity contribution in [3.8, 4) is 11.4 Å². The van der Waals surface area contributed by atoms with Gasteiger partial charge in [-0.15, -0.1) is 10.2 Å². The maximum Gasteiger partial charge on any atom is 0.234 e. The molecular formula is C21H24N4OS. The van der Waals surface area contributed by atoms with E-state index in [0.29, 0.717) is 5.75 Å². The molecule has 27 heavy (non-hydrogen) atoms. The van der Waals surface area contributed by atoms with Crippen LogP contribution in [0.1, 0.15) is 24.5 Å². The second-order valence-corrected chi connectivity index (χ2v) is 7.37. The zero-order valence-corrected chi connectivity index (χ0v) is 16.7. The van der Waals surface area contributed by atoms with Crippen molar-refractivity contribution >= 4 is 23.4 Å². The minimum atomic E-state index is -0.0373. The van der Waals surface area contributed by atoms with Crippen molar-refractivity contribution in [2.24, 2.45) is 0 Å². The first-order valence-corrected chi connectivity index (χ1v) is 10.1. The first kappa shape index (κ1) is 19.2. The van der Waals surface area contributed by atoms with Gasteiger partial charge in [0.1, 0.15) is 0 Å².